The molecule has 0 heterocycles. The van der Waals surface area contributed by atoms with Gasteiger partial charge in [0, 0.05) is 5.92 Å². The minimum absolute atomic E-state index is 0.215. The van der Waals surface area contributed by atoms with Crippen LogP contribution >= 0.6 is 0 Å². The Hall–Kier alpha value is -0.580. The van der Waals surface area contributed by atoms with Gasteiger partial charge in [-0.05, 0) is 6.42 Å². The number of Topliss-reactive ketones (excluding diaryl/α,β-unsaturated/α-hetero) is 1. The predicted molar refractivity (Wildman–Crippen MR) is 46.0 cm³/mol. The number of ether oxygens (including phenoxy) is 1. The highest BCUT2D eigenvalue weighted by molar-refractivity contribution is 5.81. The highest BCUT2D eigenvalue weighted by atomic mass is 19.4. The summed E-state index contributed by atoms with van der Waals surface area (Å²) in [6.45, 7) is 1.82. The van der Waals surface area contributed by atoms with Crippen molar-refractivity contribution in [3.8, 4) is 0 Å². The maximum absolute atomic E-state index is 11.6. The third-order valence-corrected chi connectivity index (χ3v) is 1.78. The maximum Gasteiger partial charge on any atom is 0.411 e. The Morgan fingerprint density at radius 1 is 1.43 bits per heavy atom. The van der Waals surface area contributed by atoms with Gasteiger partial charge in [-0.25, -0.2) is 0 Å². The Kier molecular flexibility index (Phi) is 5.76. The van der Waals surface area contributed by atoms with Gasteiger partial charge in [0.2, 0.25) is 0 Å². The summed E-state index contributed by atoms with van der Waals surface area (Å²) >= 11 is 0. The third-order valence-electron chi connectivity index (χ3n) is 1.78. The molecule has 1 atom stereocenters. The number of carbonyl (C=O) groups is 1. The standard InChI is InChI=1S/C9H15F3O2/c1-3-4-7(2)8(13)5-14-6-9(10,11)12/h7H,3-6H2,1-2H3. The van der Waals surface area contributed by atoms with Gasteiger partial charge < -0.3 is 4.74 Å². The monoisotopic (exact) mass is 212 g/mol. The molecule has 14 heavy (non-hydrogen) atoms. The summed E-state index contributed by atoms with van der Waals surface area (Å²) in [5, 5.41) is 0. The van der Waals surface area contributed by atoms with Crippen molar-refractivity contribution in [2.24, 2.45) is 5.92 Å². The van der Waals surface area contributed by atoms with E-state index in [0.717, 1.165) is 6.42 Å². The van der Waals surface area contributed by atoms with Gasteiger partial charge in [-0.15, -0.1) is 0 Å². The molecule has 5 heteroatoms. The first-order valence-corrected chi connectivity index (χ1v) is 4.54. The quantitative estimate of drug-likeness (QED) is 0.676. The molecule has 0 fully saturated rings. The molecule has 84 valence electrons. The lowest BCUT2D eigenvalue weighted by atomic mass is 10.0. The van der Waals surface area contributed by atoms with Crippen LogP contribution in [0.5, 0.6) is 0 Å². The molecule has 0 amide bonds. The lowest BCUT2D eigenvalue weighted by Gasteiger charge is -2.10. The Bertz CT molecular complexity index is 177. The molecule has 0 aromatic carbocycles. The van der Waals surface area contributed by atoms with Crippen molar-refractivity contribution in [1.82, 2.24) is 0 Å². The van der Waals surface area contributed by atoms with Crippen LogP contribution in [0.15, 0.2) is 0 Å². The van der Waals surface area contributed by atoms with E-state index in [9.17, 15) is 18.0 Å². The van der Waals surface area contributed by atoms with E-state index in [1.54, 1.807) is 6.92 Å². The number of ketones is 1. The van der Waals surface area contributed by atoms with E-state index < -0.39 is 19.4 Å². The highest BCUT2D eigenvalue weighted by Crippen LogP contribution is 2.15. The number of hydrogen-bond donors (Lipinski definition) is 0. The molecule has 1 unspecified atom stereocenters. The first-order valence-electron chi connectivity index (χ1n) is 4.54. The smallest absolute Gasteiger partial charge is 0.364 e. The zero-order valence-electron chi connectivity index (χ0n) is 8.36. The largest absolute Gasteiger partial charge is 0.411 e. The molecule has 0 bridgehead atoms. The van der Waals surface area contributed by atoms with Crippen molar-refractivity contribution in [2.75, 3.05) is 13.2 Å². The fraction of sp³-hybridized carbons (Fsp3) is 0.889. The summed E-state index contributed by atoms with van der Waals surface area (Å²) < 4.78 is 39.1. The summed E-state index contributed by atoms with van der Waals surface area (Å²) in [5.74, 6) is -0.482. The Morgan fingerprint density at radius 2 is 2.00 bits per heavy atom. The fourth-order valence-electron chi connectivity index (χ4n) is 1.00. The van der Waals surface area contributed by atoms with Gasteiger partial charge in [-0.2, -0.15) is 13.2 Å². The van der Waals surface area contributed by atoms with E-state index in [0.29, 0.717) is 6.42 Å². The number of halogens is 3. The molecule has 0 spiro atoms. The SMILES string of the molecule is CCCC(C)C(=O)COCC(F)(F)F. The van der Waals surface area contributed by atoms with Crippen LogP contribution in [-0.2, 0) is 9.53 Å². The normalized spacial score (nSPS) is 14.1. The molecular formula is C9H15F3O2. The summed E-state index contributed by atoms with van der Waals surface area (Å²) in [5.41, 5.74) is 0. The lowest BCUT2D eigenvalue weighted by molar-refractivity contribution is -0.176. The van der Waals surface area contributed by atoms with Crippen LogP contribution < -0.4 is 0 Å². The third kappa shape index (κ3) is 6.88. The highest BCUT2D eigenvalue weighted by Gasteiger charge is 2.28. The summed E-state index contributed by atoms with van der Waals surface area (Å²) in [6, 6.07) is 0. The van der Waals surface area contributed by atoms with E-state index in [4.69, 9.17) is 0 Å². The average molecular weight is 212 g/mol. The molecule has 0 rings (SSSR count). The van der Waals surface area contributed by atoms with Crippen LogP contribution in [0.25, 0.3) is 0 Å². The molecule has 0 aromatic rings. The molecule has 0 aliphatic carbocycles. The summed E-state index contributed by atoms with van der Waals surface area (Å²) in [6.07, 6.45) is -2.82. The van der Waals surface area contributed by atoms with Gasteiger partial charge in [0.1, 0.15) is 13.2 Å². The maximum atomic E-state index is 11.6. The van der Waals surface area contributed by atoms with E-state index in [1.807, 2.05) is 6.92 Å². The van der Waals surface area contributed by atoms with Crippen molar-refractivity contribution in [2.45, 2.75) is 32.9 Å². The van der Waals surface area contributed by atoms with Crippen LogP contribution in [0.4, 0.5) is 13.2 Å². The molecule has 0 aliphatic rings. The van der Waals surface area contributed by atoms with Crippen molar-refractivity contribution in [3.63, 3.8) is 0 Å². The van der Waals surface area contributed by atoms with Crippen LogP contribution in [-0.4, -0.2) is 25.2 Å². The molecule has 2 nitrogen and oxygen atoms in total. The van der Waals surface area contributed by atoms with E-state index in [2.05, 4.69) is 4.74 Å². The molecule has 0 aliphatic heterocycles. The second-order valence-electron chi connectivity index (χ2n) is 3.26. The van der Waals surface area contributed by atoms with Gasteiger partial charge in [0.05, 0.1) is 0 Å². The van der Waals surface area contributed by atoms with E-state index >= 15 is 0 Å². The molecule has 0 aromatic heterocycles. The second kappa shape index (κ2) is 6.01. The fourth-order valence-corrected chi connectivity index (χ4v) is 1.00. The predicted octanol–water partition coefficient (Wildman–Crippen LogP) is 2.57. The van der Waals surface area contributed by atoms with Crippen molar-refractivity contribution < 1.29 is 22.7 Å². The van der Waals surface area contributed by atoms with Gasteiger partial charge in [-0.1, -0.05) is 20.3 Å². The molecular weight excluding hydrogens is 197 g/mol. The van der Waals surface area contributed by atoms with Gasteiger partial charge in [-0.3, -0.25) is 4.79 Å². The number of rotatable bonds is 6. The minimum Gasteiger partial charge on any atom is -0.364 e. The first kappa shape index (κ1) is 13.4. The van der Waals surface area contributed by atoms with Crippen LogP contribution in [0.3, 0.4) is 0 Å². The molecule has 0 N–H and O–H groups in total. The van der Waals surface area contributed by atoms with Crippen molar-refractivity contribution in [3.05, 3.63) is 0 Å². The molecule has 0 saturated heterocycles. The Labute approximate surface area is 81.4 Å². The van der Waals surface area contributed by atoms with Gasteiger partial charge in [0.25, 0.3) is 0 Å². The first-order chi connectivity index (χ1) is 6.37. The van der Waals surface area contributed by atoms with Crippen LogP contribution in [0.1, 0.15) is 26.7 Å². The topological polar surface area (TPSA) is 26.3 Å². The zero-order valence-corrected chi connectivity index (χ0v) is 8.36. The van der Waals surface area contributed by atoms with Crippen LogP contribution in [0.2, 0.25) is 0 Å². The molecule has 0 saturated carbocycles. The average Bonchev–Trinajstić information content (AvgIpc) is 2.02. The molecule has 0 radical (unpaired) electrons. The zero-order chi connectivity index (χ0) is 11.2. The Morgan fingerprint density at radius 3 is 2.43 bits per heavy atom. The van der Waals surface area contributed by atoms with Gasteiger partial charge in [0.15, 0.2) is 5.78 Å². The lowest BCUT2D eigenvalue weighted by Crippen LogP contribution is -2.23. The van der Waals surface area contributed by atoms with Crippen LogP contribution in [0, 0.1) is 5.92 Å². The second-order valence-corrected chi connectivity index (χ2v) is 3.26. The summed E-state index contributed by atoms with van der Waals surface area (Å²) in [7, 11) is 0. The number of alkyl halides is 3. The van der Waals surface area contributed by atoms with E-state index in [1.165, 1.54) is 0 Å². The number of carbonyl (C=O) groups excluding carboxylic acids is 1. The Balaban J connectivity index is 3.64. The van der Waals surface area contributed by atoms with E-state index in [-0.39, 0.29) is 11.7 Å². The van der Waals surface area contributed by atoms with Crippen molar-refractivity contribution in [1.29, 1.82) is 0 Å². The van der Waals surface area contributed by atoms with Gasteiger partial charge >= 0.3 is 6.18 Å². The summed E-state index contributed by atoms with van der Waals surface area (Å²) in [4.78, 5) is 11.1. The minimum atomic E-state index is -4.35. The van der Waals surface area contributed by atoms with Crippen molar-refractivity contribution >= 4 is 5.78 Å². The number of hydrogen-bond acceptors (Lipinski definition) is 2.